The monoisotopic (exact) mass is 459 g/mol. The first-order chi connectivity index (χ1) is 17.2. The van der Waals surface area contributed by atoms with Crippen molar-refractivity contribution in [2.45, 2.75) is 12.6 Å². The Hall–Kier alpha value is -5.10. The van der Waals surface area contributed by atoms with E-state index in [1.54, 1.807) is 29.0 Å². The maximum absolute atomic E-state index is 13.1. The first kappa shape index (κ1) is 20.5. The summed E-state index contributed by atoms with van der Waals surface area (Å²) >= 11 is 0. The highest BCUT2D eigenvalue weighted by Crippen LogP contribution is 2.28. The number of pyridine rings is 1. The van der Waals surface area contributed by atoms with Crippen LogP contribution in [0.1, 0.15) is 16.7 Å². The molecular formula is C26H17N7O2. The summed E-state index contributed by atoms with van der Waals surface area (Å²) in [7, 11) is 0. The summed E-state index contributed by atoms with van der Waals surface area (Å²) < 4.78 is 7.46. The number of carbonyl (C=O) groups is 1. The minimum Gasteiger partial charge on any atom is -0.403 e. The highest BCUT2D eigenvalue weighted by atomic mass is 16.4. The maximum Gasteiger partial charge on any atom is 0.317 e. The molecule has 5 aromatic rings. The lowest BCUT2D eigenvalue weighted by atomic mass is 9.96. The molecule has 0 amide bonds. The van der Waals surface area contributed by atoms with E-state index in [0.717, 1.165) is 22.4 Å². The van der Waals surface area contributed by atoms with E-state index in [1.807, 2.05) is 54.6 Å². The second kappa shape index (κ2) is 8.35. The van der Waals surface area contributed by atoms with Gasteiger partial charge < -0.3 is 9.73 Å². The lowest BCUT2D eigenvalue weighted by Gasteiger charge is -2.11. The van der Waals surface area contributed by atoms with Crippen LogP contribution in [0.25, 0.3) is 21.8 Å². The topological polar surface area (TPSA) is 102 Å². The van der Waals surface area contributed by atoms with Gasteiger partial charge in [-0.1, -0.05) is 59.7 Å². The van der Waals surface area contributed by atoms with Gasteiger partial charge in [0.15, 0.2) is 17.6 Å². The number of aromatic nitrogens is 4. The van der Waals surface area contributed by atoms with Crippen LogP contribution in [-0.4, -0.2) is 37.5 Å². The quantitative estimate of drug-likeness (QED) is 0.401. The van der Waals surface area contributed by atoms with E-state index in [4.69, 9.17) is 16.0 Å². The number of ketones is 1. The molecule has 0 spiro atoms. The number of nitrogens with one attached hydrogen (secondary N) is 1. The van der Waals surface area contributed by atoms with Crippen molar-refractivity contribution >= 4 is 28.7 Å². The molecule has 0 saturated carbocycles. The third kappa shape index (κ3) is 3.73. The van der Waals surface area contributed by atoms with E-state index in [2.05, 4.69) is 25.5 Å². The van der Waals surface area contributed by atoms with Gasteiger partial charge in [-0.2, -0.15) is 5.10 Å². The smallest absolute Gasteiger partial charge is 0.317 e. The SMILES string of the molecule is [C-]#[N+]c1ccn2ncc(-c3nnc(N[C@H]4N=C(c5ccccc5)c5ccccc5CC4=O)o3)c2c1. The first-order valence-electron chi connectivity index (χ1n) is 10.9. The van der Waals surface area contributed by atoms with Crippen LogP contribution < -0.4 is 5.32 Å². The second-order valence-electron chi connectivity index (χ2n) is 7.99. The largest absolute Gasteiger partial charge is 0.403 e. The van der Waals surface area contributed by atoms with Gasteiger partial charge in [0.2, 0.25) is 0 Å². The molecule has 0 bridgehead atoms. The van der Waals surface area contributed by atoms with E-state index in [0.29, 0.717) is 16.8 Å². The fourth-order valence-corrected chi connectivity index (χ4v) is 4.11. The van der Waals surface area contributed by atoms with Crippen molar-refractivity contribution in [3.63, 3.8) is 0 Å². The first-order valence-corrected chi connectivity index (χ1v) is 10.9. The molecule has 1 aliphatic rings. The average molecular weight is 459 g/mol. The molecule has 168 valence electrons. The van der Waals surface area contributed by atoms with E-state index >= 15 is 0 Å². The highest BCUT2D eigenvalue weighted by molar-refractivity contribution is 6.16. The van der Waals surface area contributed by atoms with Crippen LogP contribution in [-0.2, 0) is 11.2 Å². The van der Waals surface area contributed by atoms with E-state index in [9.17, 15) is 4.79 Å². The number of carbonyl (C=O) groups excluding carboxylic acids is 1. The number of benzene rings is 2. The fraction of sp³-hybridized carbons (Fsp3) is 0.0769. The van der Waals surface area contributed by atoms with E-state index < -0.39 is 6.17 Å². The molecule has 9 heteroatoms. The van der Waals surface area contributed by atoms with Crippen molar-refractivity contribution in [3.05, 3.63) is 107 Å². The van der Waals surface area contributed by atoms with Gasteiger partial charge in [-0.3, -0.25) is 9.79 Å². The molecule has 0 fully saturated rings. The van der Waals surface area contributed by atoms with Crippen LogP contribution in [0.5, 0.6) is 0 Å². The molecule has 0 saturated heterocycles. The van der Waals surface area contributed by atoms with Crippen molar-refractivity contribution in [3.8, 4) is 11.5 Å². The van der Waals surface area contributed by atoms with Crippen LogP contribution in [0.15, 0.2) is 88.5 Å². The Morgan fingerprint density at radius 1 is 1.03 bits per heavy atom. The number of fused-ring (bicyclic) bond motifs is 2. The molecule has 1 aliphatic heterocycles. The highest BCUT2D eigenvalue weighted by Gasteiger charge is 2.27. The number of hydrogen-bond donors (Lipinski definition) is 1. The molecule has 35 heavy (non-hydrogen) atoms. The third-order valence-corrected chi connectivity index (χ3v) is 5.80. The zero-order valence-corrected chi connectivity index (χ0v) is 18.3. The number of rotatable bonds is 4. The van der Waals surface area contributed by atoms with Gasteiger partial charge in [0.25, 0.3) is 5.89 Å². The van der Waals surface area contributed by atoms with Crippen molar-refractivity contribution < 1.29 is 9.21 Å². The van der Waals surface area contributed by atoms with Gasteiger partial charge in [-0.05, 0) is 17.7 Å². The molecular weight excluding hydrogens is 442 g/mol. The van der Waals surface area contributed by atoms with Gasteiger partial charge in [0.05, 0.1) is 29.6 Å². The maximum atomic E-state index is 13.1. The van der Waals surface area contributed by atoms with E-state index in [-0.39, 0.29) is 24.1 Å². The molecule has 0 unspecified atom stereocenters. The summed E-state index contributed by atoms with van der Waals surface area (Å²) in [4.78, 5) is 21.4. The Morgan fingerprint density at radius 3 is 2.71 bits per heavy atom. The van der Waals surface area contributed by atoms with Gasteiger partial charge in [-0.25, -0.2) is 9.36 Å². The summed E-state index contributed by atoms with van der Waals surface area (Å²) in [6.07, 6.45) is 2.62. The molecule has 1 N–H and O–H groups in total. The Bertz CT molecular complexity index is 1640. The molecule has 9 nitrogen and oxygen atoms in total. The molecule has 4 heterocycles. The van der Waals surface area contributed by atoms with Crippen molar-refractivity contribution in [1.29, 1.82) is 0 Å². The van der Waals surface area contributed by atoms with Crippen LogP contribution in [0, 0.1) is 6.57 Å². The summed E-state index contributed by atoms with van der Waals surface area (Å²) in [6.45, 7) is 7.25. The van der Waals surface area contributed by atoms with E-state index in [1.165, 1.54) is 0 Å². The Morgan fingerprint density at radius 2 is 1.86 bits per heavy atom. The Balaban J connectivity index is 1.36. The molecule has 0 aliphatic carbocycles. The average Bonchev–Trinajstić information content (AvgIpc) is 3.50. The predicted molar refractivity (Wildman–Crippen MR) is 129 cm³/mol. The molecule has 1 atom stereocenters. The van der Waals surface area contributed by atoms with Crippen LogP contribution in [0.4, 0.5) is 11.7 Å². The number of anilines is 1. The summed E-state index contributed by atoms with van der Waals surface area (Å²) in [5.41, 5.74) is 5.20. The van der Waals surface area contributed by atoms with Crippen LogP contribution >= 0.6 is 0 Å². The number of hydrogen-bond acceptors (Lipinski definition) is 7. The molecule has 6 rings (SSSR count). The minimum absolute atomic E-state index is 0.0705. The number of nitrogens with zero attached hydrogens (tertiary/aromatic N) is 6. The fourth-order valence-electron chi connectivity index (χ4n) is 4.11. The van der Waals surface area contributed by atoms with Crippen molar-refractivity contribution in [2.75, 3.05) is 5.32 Å². The lowest BCUT2D eigenvalue weighted by molar-refractivity contribution is -0.119. The van der Waals surface area contributed by atoms with Gasteiger partial charge in [0, 0.05) is 23.7 Å². The van der Waals surface area contributed by atoms with Gasteiger partial charge in [0.1, 0.15) is 0 Å². The molecule has 0 radical (unpaired) electrons. The van der Waals surface area contributed by atoms with Gasteiger partial charge >= 0.3 is 6.01 Å². The molecule has 3 aromatic heterocycles. The Labute approximate surface area is 199 Å². The molecule has 2 aromatic carbocycles. The van der Waals surface area contributed by atoms with Gasteiger partial charge in [-0.15, -0.1) is 5.10 Å². The zero-order chi connectivity index (χ0) is 23.8. The zero-order valence-electron chi connectivity index (χ0n) is 18.3. The standard InChI is InChI=1S/C26H17N7O2/c1-27-18-11-12-33-21(14-18)20(15-28-33)25-31-32-26(35-25)30-24-22(34)13-17-9-5-6-10-19(17)23(29-24)16-7-3-2-4-8-16/h2-12,14-15,24H,13H2,(H,30,32)/t24-/m1/s1. The number of Topliss-reactive ketones (excluding diaryl/α,β-unsaturated/α-hetero) is 1. The predicted octanol–water partition coefficient (Wildman–Crippen LogP) is 4.34. The van der Waals surface area contributed by atoms with Crippen molar-refractivity contribution in [1.82, 2.24) is 19.8 Å². The van der Waals surface area contributed by atoms with Crippen molar-refractivity contribution in [2.24, 2.45) is 4.99 Å². The Kier molecular flexibility index (Phi) is 4.89. The summed E-state index contributed by atoms with van der Waals surface area (Å²) in [6, 6.07) is 21.0. The minimum atomic E-state index is -0.900. The normalized spacial score (nSPS) is 15.2. The van der Waals surface area contributed by atoms with Crippen LogP contribution in [0.2, 0.25) is 0 Å². The number of aliphatic imine (C=N–C) groups is 1. The third-order valence-electron chi connectivity index (χ3n) is 5.80. The summed E-state index contributed by atoms with van der Waals surface area (Å²) in [5, 5.41) is 15.5. The second-order valence-corrected chi connectivity index (χ2v) is 7.99. The lowest BCUT2D eigenvalue weighted by Crippen LogP contribution is -2.29. The summed E-state index contributed by atoms with van der Waals surface area (Å²) in [5.74, 6) is 0.113. The van der Waals surface area contributed by atoms with Crippen LogP contribution in [0.3, 0.4) is 0 Å².